The maximum Gasteiger partial charge on any atom is 0.227 e. The fraction of sp³-hybridized carbons (Fsp3) is 0.879. The number of halogens is 1. The maximum atomic E-state index is 14.5. The predicted molar refractivity (Wildman–Crippen MR) is 152 cm³/mol. The largest absolute Gasteiger partial charge is 0.376 e. The number of rotatable bonds is 5. The zero-order valence-corrected chi connectivity index (χ0v) is 25.4. The van der Waals surface area contributed by atoms with Gasteiger partial charge in [-0.2, -0.15) is 0 Å². The van der Waals surface area contributed by atoms with Gasteiger partial charge in [-0.15, -0.1) is 0 Å². The Morgan fingerprint density at radius 1 is 1.08 bits per heavy atom. The summed E-state index contributed by atoms with van der Waals surface area (Å²) in [7, 11) is 0. The van der Waals surface area contributed by atoms with Gasteiger partial charge in [0.1, 0.15) is 0 Å². The first-order valence-electron chi connectivity index (χ1n) is 16.0. The highest BCUT2D eigenvalue weighted by molar-refractivity contribution is 5.95. The van der Waals surface area contributed by atoms with E-state index >= 15 is 0 Å². The van der Waals surface area contributed by atoms with Gasteiger partial charge in [0.15, 0.2) is 12.6 Å². The second kappa shape index (κ2) is 9.37. The molecule has 0 heterocycles. The summed E-state index contributed by atoms with van der Waals surface area (Å²) in [4.78, 5) is 27.5. The quantitative estimate of drug-likeness (QED) is 0.394. The van der Waals surface area contributed by atoms with Crippen molar-refractivity contribution in [2.45, 2.75) is 112 Å². The lowest BCUT2D eigenvalue weighted by atomic mass is 9.33. The summed E-state index contributed by atoms with van der Waals surface area (Å²) >= 11 is 0. The highest BCUT2D eigenvalue weighted by Gasteiger charge is 2.70. The molecule has 0 aromatic heterocycles. The lowest BCUT2D eigenvalue weighted by molar-refractivity contribution is -0.208. The van der Waals surface area contributed by atoms with Gasteiger partial charge >= 0.3 is 0 Å². The van der Waals surface area contributed by atoms with E-state index in [2.05, 4.69) is 46.9 Å². The zero-order chi connectivity index (χ0) is 29.5. The standard InChI is InChI=1S/C33H53FN2O3/c1-28(2)24-8-11-33(7)26(31(24,5)10-9-25(28)39-17-16-35)23(37)18-21-22-19-30(4,27(38)36-20-34)13-12-29(22,3)14-15-32(21,33)6/h18,22,24-26H,8-17,19-20,35H2,1-7H3,(H,36,38)/t22-,24?,25-,26+,29+,30-,31-,32+,33+/m0/s1/i17T/t17?,22-,24?,25-,26+,29+,30-,31-,32+,33+. The second-order valence-corrected chi connectivity index (χ2v) is 15.8. The number of carbonyl (C=O) groups is 2. The first kappa shape index (κ1) is 27.9. The number of carbonyl (C=O) groups excluding carboxylic acids is 2. The monoisotopic (exact) mass is 546 g/mol. The number of nitrogens with two attached hydrogens (primary N) is 1. The van der Waals surface area contributed by atoms with Crippen molar-refractivity contribution in [2.75, 3.05) is 19.9 Å². The molecular formula is C33H53FN2O3. The Balaban J connectivity index is 1.53. The summed E-state index contributed by atoms with van der Waals surface area (Å²) in [6, 6.07) is 0. The van der Waals surface area contributed by atoms with E-state index in [1.54, 1.807) is 0 Å². The Bertz CT molecular complexity index is 1100. The van der Waals surface area contributed by atoms with Crippen LogP contribution >= 0.6 is 0 Å². The van der Waals surface area contributed by atoms with E-state index in [9.17, 15) is 14.0 Å². The molecular weight excluding hydrogens is 491 g/mol. The minimum atomic E-state index is -0.842. The third-order valence-electron chi connectivity index (χ3n) is 13.6. The van der Waals surface area contributed by atoms with Crippen LogP contribution in [0.15, 0.2) is 11.6 Å². The number of hydrogen-bond acceptors (Lipinski definition) is 4. The predicted octanol–water partition coefficient (Wildman–Crippen LogP) is 6.35. The lowest BCUT2D eigenvalue weighted by Gasteiger charge is -2.70. The van der Waals surface area contributed by atoms with Crippen molar-refractivity contribution in [3.8, 4) is 0 Å². The van der Waals surface area contributed by atoms with Gasteiger partial charge in [0.05, 0.1) is 14.1 Å². The van der Waals surface area contributed by atoms with Crippen LogP contribution in [0, 0.1) is 50.2 Å². The molecule has 3 N–H and O–H groups in total. The van der Waals surface area contributed by atoms with Crippen LogP contribution in [0.1, 0.15) is 108 Å². The number of ether oxygens (including phenoxy) is 1. The molecule has 5 aliphatic carbocycles. The van der Waals surface area contributed by atoms with E-state index in [4.69, 9.17) is 11.8 Å². The Labute approximate surface area is 237 Å². The molecule has 0 aromatic carbocycles. The fourth-order valence-electron chi connectivity index (χ4n) is 11.1. The molecule has 39 heavy (non-hydrogen) atoms. The molecule has 5 rings (SSSR count). The van der Waals surface area contributed by atoms with E-state index in [-0.39, 0.29) is 63.2 Å². The number of amides is 1. The average Bonchev–Trinajstić information content (AvgIpc) is 2.88. The van der Waals surface area contributed by atoms with Crippen LogP contribution in [-0.4, -0.2) is 37.7 Å². The summed E-state index contributed by atoms with van der Waals surface area (Å²) in [5.41, 5.74) is 5.83. The Morgan fingerprint density at radius 2 is 1.77 bits per heavy atom. The summed E-state index contributed by atoms with van der Waals surface area (Å²) in [6.07, 6.45) is 10.3. The van der Waals surface area contributed by atoms with E-state index in [1.165, 1.54) is 5.57 Å². The van der Waals surface area contributed by atoms with Crippen LogP contribution in [0.3, 0.4) is 0 Å². The van der Waals surface area contributed by atoms with Gasteiger partial charge in [-0.1, -0.05) is 54.0 Å². The Kier molecular flexibility index (Phi) is 6.70. The number of hydrogen-bond donors (Lipinski definition) is 2. The maximum absolute atomic E-state index is 14.5. The molecule has 4 saturated carbocycles. The third-order valence-corrected chi connectivity index (χ3v) is 13.6. The molecule has 220 valence electrons. The topological polar surface area (TPSA) is 81.4 Å². The van der Waals surface area contributed by atoms with Crippen molar-refractivity contribution in [3.05, 3.63) is 11.6 Å². The van der Waals surface area contributed by atoms with Gasteiger partial charge in [0.2, 0.25) is 5.91 Å². The Hall–Kier alpha value is -1.27. The summed E-state index contributed by atoms with van der Waals surface area (Å²) in [6.45, 7) is 14.7. The number of alkyl halides is 1. The molecule has 0 bridgehead atoms. The van der Waals surface area contributed by atoms with E-state index in [0.717, 1.165) is 51.4 Å². The van der Waals surface area contributed by atoms with E-state index in [0.29, 0.717) is 12.3 Å². The van der Waals surface area contributed by atoms with Crippen LogP contribution in [0.25, 0.3) is 0 Å². The van der Waals surface area contributed by atoms with Gasteiger partial charge in [-0.05, 0) is 103 Å². The number of allylic oxidation sites excluding steroid dienone is 2. The highest BCUT2D eigenvalue weighted by Crippen LogP contribution is 2.75. The van der Waals surface area contributed by atoms with Gasteiger partial charge in [0.25, 0.3) is 0 Å². The average molecular weight is 547 g/mol. The smallest absolute Gasteiger partial charge is 0.227 e. The molecule has 0 saturated heterocycles. The first-order chi connectivity index (χ1) is 18.5. The molecule has 1 amide bonds. The van der Waals surface area contributed by atoms with Crippen molar-refractivity contribution < 1.29 is 20.1 Å². The number of fused-ring (bicyclic) bond motifs is 7. The van der Waals surface area contributed by atoms with Crippen LogP contribution in [0.5, 0.6) is 0 Å². The van der Waals surface area contributed by atoms with Crippen LogP contribution in [0.4, 0.5) is 4.39 Å². The van der Waals surface area contributed by atoms with E-state index < -0.39 is 18.8 Å². The summed E-state index contributed by atoms with van der Waals surface area (Å²) in [5.74, 6) is 0.467. The molecule has 2 unspecified atom stereocenters. The van der Waals surface area contributed by atoms with Gasteiger partial charge in [0, 0.05) is 17.9 Å². The third kappa shape index (κ3) is 3.96. The SMILES string of the molecule is [3H]C(CN)O[C@H]1CC[C@@]2(C)C(CC[C@]3(C)[C@@H]2C(=O)C=C2[C@@H]4C[C@@](C)(C(=O)NCF)CC[C@]4(C)CC[C@]23C)C1(C)C. The fourth-order valence-corrected chi connectivity index (χ4v) is 11.1. The van der Waals surface area contributed by atoms with Crippen LogP contribution in [-0.2, 0) is 14.3 Å². The molecule has 4 fully saturated rings. The van der Waals surface area contributed by atoms with Crippen molar-refractivity contribution in [3.63, 3.8) is 0 Å². The van der Waals surface area contributed by atoms with Crippen molar-refractivity contribution in [1.29, 1.82) is 0 Å². The molecule has 0 radical (unpaired) electrons. The summed E-state index contributed by atoms with van der Waals surface area (Å²) in [5, 5.41) is 2.45. The minimum Gasteiger partial charge on any atom is -0.376 e. The number of nitrogens with one attached hydrogen (secondary N) is 1. The van der Waals surface area contributed by atoms with Crippen LogP contribution < -0.4 is 11.1 Å². The normalized spacial score (nSPS) is 49.8. The molecule has 0 aromatic rings. The molecule has 5 nitrogen and oxygen atoms in total. The van der Waals surface area contributed by atoms with Crippen LogP contribution in [0.2, 0.25) is 0 Å². The van der Waals surface area contributed by atoms with Gasteiger partial charge < -0.3 is 15.8 Å². The lowest BCUT2D eigenvalue weighted by Crippen LogP contribution is -2.66. The molecule has 5 aliphatic rings. The highest BCUT2D eigenvalue weighted by atomic mass is 19.1. The molecule has 6 heteroatoms. The van der Waals surface area contributed by atoms with Crippen molar-refractivity contribution >= 4 is 11.7 Å². The van der Waals surface area contributed by atoms with Gasteiger partial charge in [-0.25, -0.2) is 4.39 Å². The molecule has 10 atom stereocenters. The van der Waals surface area contributed by atoms with Crippen molar-refractivity contribution in [2.24, 2.45) is 56.0 Å². The molecule has 0 spiro atoms. The van der Waals surface area contributed by atoms with E-state index in [1.807, 2.05) is 13.0 Å². The zero-order valence-electron chi connectivity index (χ0n) is 26.4. The minimum absolute atomic E-state index is 0.0351. The Morgan fingerprint density at radius 3 is 2.44 bits per heavy atom. The summed E-state index contributed by atoms with van der Waals surface area (Å²) < 4.78 is 27.4. The first-order valence-corrected chi connectivity index (χ1v) is 15.4. The molecule has 0 aliphatic heterocycles. The second-order valence-electron chi connectivity index (χ2n) is 15.8. The van der Waals surface area contributed by atoms with Gasteiger partial charge in [-0.3, -0.25) is 9.59 Å². The van der Waals surface area contributed by atoms with Crippen molar-refractivity contribution in [1.82, 2.24) is 5.32 Å². The number of ketones is 1.